The molecule has 0 aliphatic heterocycles. The van der Waals surface area contributed by atoms with Gasteiger partial charge in [0.25, 0.3) is 0 Å². The van der Waals surface area contributed by atoms with Gasteiger partial charge in [-0.1, -0.05) is 61.5 Å². The molecule has 2 nitrogen and oxygen atoms in total. The summed E-state index contributed by atoms with van der Waals surface area (Å²) in [4.78, 5) is 9.87. The Morgan fingerprint density at radius 3 is 2.14 bits per heavy atom. The second-order valence-electron chi connectivity index (χ2n) is 5.60. The molecule has 0 radical (unpaired) electrons. The summed E-state index contributed by atoms with van der Waals surface area (Å²) < 4.78 is 0. The maximum absolute atomic E-state index is 11.1. The van der Waals surface area contributed by atoms with E-state index in [1.165, 1.54) is 5.56 Å². The summed E-state index contributed by atoms with van der Waals surface area (Å²) in [6.07, 6.45) is 0.397. The van der Waals surface area contributed by atoms with E-state index < -0.39 is 10.8 Å². The van der Waals surface area contributed by atoms with Crippen molar-refractivity contribution in [1.29, 1.82) is 0 Å². The van der Waals surface area contributed by atoms with Gasteiger partial charge in [-0.15, -0.1) is 11.6 Å². The molecule has 0 aliphatic carbocycles. The third-order valence-electron chi connectivity index (χ3n) is 3.72. The van der Waals surface area contributed by atoms with Crippen LogP contribution in [0.15, 0.2) is 54.6 Å². The molecule has 21 heavy (non-hydrogen) atoms. The van der Waals surface area contributed by atoms with Gasteiger partial charge < -0.3 is 5.11 Å². The van der Waals surface area contributed by atoms with E-state index in [0.717, 1.165) is 11.1 Å². The minimum atomic E-state index is -1.22. The molecule has 0 bridgehead atoms. The first-order valence-corrected chi connectivity index (χ1v) is 7.35. The molecule has 2 unspecified atom stereocenters. The largest absolute Gasteiger partial charge is 0.480 e. The van der Waals surface area contributed by atoms with Crippen LogP contribution in [0.4, 0.5) is 0 Å². The SMILES string of the molecule is CC(CC(C)(Cl)C(=O)O)c1ccc(-c2ccccc2)cc1. The van der Waals surface area contributed by atoms with Crippen molar-refractivity contribution in [1.82, 2.24) is 0 Å². The van der Waals surface area contributed by atoms with Gasteiger partial charge in [-0.3, -0.25) is 4.79 Å². The van der Waals surface area contributed by atoms with Crippen molar-refractivity contribution in [3.05, 3.63) is 60.2 Å². The van der Waals surface area contributed by atoms with Crippen molar-refractivity contribution in [3.63, 3.8) is 0 Å². The first-order chi connectivity index (χ1) is 9.90. The Morgan fingerprint density at radius 2 is 1.62 bits per heavy atom. The molecular formula is C18H19ClO2. The Balaban J connectivity index is 2.14. The fourth-order valence-corrected chi connectivity index (χ4v) is 2.65. The smallest absolute Gasteiger partial charge is 0.324 e. The Morgan fingerprint density at radius 1 is 1.10 bits per heavy atom. The van der Waals surface area contributed by atoms with E-state index in [2.05, 4.69) is 24.3 Å². The average molecular weight is 303 g/mol. The summed E-state index contributed by atoms with van der Waals surface area (Å²) in [5.41, 5.74) is 3.42. The Bertz CT molecular complexity index is 603. The van der Waals surface area contributed by atoms with Crippen LogP contribution in [0.25, 0.3) is 11.1 Å². The minimum Gasteiger partial charge on any atom is -0.480 e. The molecular weight excluding hydrogens is 284 g/mol. The molecule has 2 atom stereocenters. The molecule has 0 spiro atoms. The lowest BCUT2D eigenvalue weighted by molar-refractivity contribution is -0.140. The van der Waals surface area contributed by atoms with Crippen molar-refractivity contribution in [3.8, 4) is 11.1 Å². The maximum atomic E-state index is 11.1. The molecule has 0 fully saturated rings. The molecule has 0 saturated carbocycles. The normalized spacial score (nSPS) is 15.2. The van der Waals surface area contributed by atoms with Crippen molar-refractivity contribution >= 4 is 17.6 Å². The van der Waals surface area contributed by atoms with Crippen LogP contribution in [0, 0.1) is 0 Å². The molecule has 110 valence electrons. The summed E-state index contributed by atoms with van der Waals surface area (Å²) in [6.45, 7) is 3.55. The van der Waals surface area contributed by atoms with Crippen molar-refractivity contribution in [2.75, 3.05) is 0 Å². The van der Waals surface area contributed by atoms with Gasteiger partial charge in [-0.25, -0.2) is 0 Å². The summed E-state index contributed by atoms with van der Waals surface area (Å²) in [6, 6.07) is 18.4. The van der Waals surface area contributed by atoms with Crippen LogP contribution >= 0.6 is 11.6 Å². The highest BCUT2D eigenvalue weighted by Crippen LogP contribution is 2.31. The average Bonchev–Trinajstić information content (AvgIpc) is 2.48. The zero-order chi connectivity index (χ0) is 15.5. The fraction of sp³-hybridized carbons (Fsp3) is 0.278. The van der Waals surface area contributed by atoms with Crippen molar-refractivity contribution in [2.24, 2.45) is 0 Å². The zero-order valence-electron chi connectivity index (χ0n) is 12.2. The van der Waals surface area contributed by atoms with E-state index >= 15 is 0 Å². The summed E-state index contributed by atoms with van der Waals surface area (Å²) in [5, 5.41) is 9.10. The van der Waals surface area contributed by atoms with Gasteiger partial charge in [0, 0.05) is 0 Å². The predicted octanol–water partition coefficient (Wildman–Crippen LogP) is 4.93. The predicted molar refractivity (Wildman–Crippen MR) is 86.8 cm³/mol. The van der Waals surface area contributed by atoms with Gasteiger partial charge in [0.05, 0.1) is 0 Å². The second-order valence-corrected chi connectivity index (χ2v) is 6.43. The Kier molecular flexibility index (Phi) is 4.69. The lowest BCUT2D eigenvalue weighted by Gasteiger charge is -2.21. The number of aliphatic carboxylic acids is 1. The van der Waals surface area contributed by atoms with Crippen LogP contribution in [0.5, 0.6) is 0 Å². The van der Waals surface area contributed by atoms with Gasteiger partial charge in [0.1, 0.15) is 4.87 Å². The molecule has 0 heterocycles. The van der Waals surface area contributed by atoms with Crippen LogP contribution < -0.4 is 0 Å². The highest BCUT2D eigenvalue weighted by molar-refractivity contribution is 6.33. The molecule has 0 aromatic heterocycles. The maximum Gasteiger partial charge on any atom is 0.324 e. The van der Waals surface area contributed by atoms with Crippen LogP contribution in [0.1, 0.15) is 31.7 Å². The van der Waals surface area contributed by atoms with Gasteiger partial charge >= 0.3 is 5.97 Å². The van der Waals surface area contributed by atoms with E-state index in [9.17, 15) is 4.79 Å². The number of rotatable bonds is 5. The third-order valence-corrected chi connectivity index (χ3v) is 4.04. The lowest BCUT2D eigenvalue weighted by atomic mass is 9.89. The number of carboxylic acids is 1. The number of hydrogen-bond acceptors (Lipinski definition) is 1. The topological polar surface area (TPSA) is 37.3 Å². The number of halogens is 1. The Labute approximate surface area is 130 Å². The van der Waals surface area contributed by atoms with Crippen molar-refractivity contribution < 1.29 is 9.90 Å². The van der Waals surface area contributed by atoms with Crippen LogP contribution in [0.2, 0.25) is 0 Å². The van der Waals surface area contributed by atoms with Crippen LogP contribution in [0.3, 0.4) is 0 Å². The monoisotopic (exact) mass is 302 g/mol. The summed E-state index contributed by atoms with van der Waals surface area (Å²) in [5.74, 6) is -0.884. The quantitative estimate of drug-likeness (QED) is 0.795. The van der Waals surface area contributed by atoms with E-state index in [4.69, 9.17) is 16.7 Å². The number of benzene rings is 2. The third kappa shape index (κ3) is 3.85. The molecule has 1 N–H and O–H groups in total. The number of carbonyl (C=O) groups is 1. The number of alkyl halides is 1. The molecule has 0 aliphatic rings. The van der Waals surface area contributed by atoms with E-state index in [1.54, 1.807) is 6.92 Å². The summed E-state index contributed by atoms with van der Waals surface area (Å²) >= 11 is 6.04. The standard InChI is InChI=1S/C18H19ClO2/c1-13(12-18(2,19)17(20)21)14-8-10-16(11-9-14)15-6-4-3-5-7-15/h3-11,13H,12H2,1-2H3,(H,20,21). The molecule has 2 rings (SSSR count). The second kappa shape index (κ2) is 6.31. The van der Waals surface area contributed by atoms with Crippen molar-refractivity contribution in [2.45, 2.75) is 31.1 Å². The van der Waals surface area contributed by atoms with E-state index in [1.807, 2.05) is 37.3 Å². The molecule has 2 aromatic carbocycles. The van der Waals surface area contributed by atoms with E-state index in [-0.39, 0.29) is 5.92 Å². The molecule has 0 amide bonds. The Hall–Kier alpha value is -1.80. The first-order valence-electron chi connectivity index (χ1n) is 6.98. The highest BCUT2D eigenvalue weighted by atomic mass is 35.5. The van der Waals surface area contributed by atoms with Gasteiger partial charge in [-0.2, -0.15) is 0 Å². The van der Waals surface area contributed by atoms with Gasteiger partial charge in [-0.05, 0) is 36.0 Å². The molecule has 2 aromatic rings. The molecule has 3 heteroatoms. The number of carboxylic acid groups (broad SMARTS) is 1. The van der Waals surface area contributed by atoms with E-state index in [0.29, 0.717) is 6.42 Å². The summed E-state index contributed by atoms with van der Waals surface area (Å²) in [7, 11) is 0. The minimum absolute atomic E-state index is 0.0911. The van der Waals surface area contributed by atoms with Crippen LogP contribution in [-0.4, -0.2) is 16.0 Å². The van der Waals surface area contributed by atoms with Crippen LogP contribution in [-0.2, 0) is 4.79 Å². The molecule has 0 saturated heterocycles. The highest BCUT2D eigenvalue weighted by Gasteiger charge is 2.32. The zero-order valence-corrected chi connectivity index (χ0v) is 13.0. The first kappa shape index (κ1) is 15.6. The fourth-order valence-electron chi connectivity index (χ4n) is 2.41. The lowest BCUT2D eigenvalue weighted by Crippen LogP contribution is -2.30. The van der Waals surface area contributed by atoms with Gasteiger partial charge in [0.15, 0.2) is 0 Å². The van der Waals surface area contributed by atoms with Gasteiger partial charge in [0.2, 0.25) is 0 Å². The number of hydrogen-bond donors (Lipinski definition) is 1.